The third-order valence-corrected chi connectivity index (χ3v) is 2.39. The van der Waals surface area contributed by atoms with Crippen molar-refractivity contribution < 1.29 is 0 Å². The highest BCUT2D eigenvalue weighted by atomic mass is 14.8. The van der Waals surface area contributed by atoms with Crippen LogP contribution in [-0.4, -0.2) is 9.97 Å². The molecule has 0 unspecified atom stereocenters. The fourth-order valence-electron chi connectivity index (χ4n) is 1.62. The third kappa shape index (κ3) is 1.80. The SMILES string of the molecule is N#Cc1cnc(C2=CCCCC2)cn1. The lowest BCUT2D eigenvalue weighted by atomic mass is 9.97. The van der Waals surface area contributed by atoms with Gasteiger partial charge in [-0.05, 0) is 31.3 Å². The number of aromatic nitrogens is 2. The second-order valence-corrected chi connectivity index (χ2v) is 3.37. The molecule has 2 rings (SSSR count). The Morgan fingerprint density at radius 1 is 1.21 bits per heavy atom. The Hall–Kier alpha value is -1.69. The van der Waals surface area contributed by atoms with Crippen LogP contribution < -0.4 is 0 Å². The summed E-state index contributed by atoms with van der Waals surface area (Å²) >= 11 is 0. The summed E-state index contributed by atoms with van der Waals surface area (Å²) in [5.41, 5.74) is 2.57. The molecule has 0 atom stereocenters. The van der Waals surface area contributed by atoms with Crippen LogP contribution in [0.2, 0.25) is 0 Å². The molecule has 0 saturated heterocycles. The minimum Gasteiger partial charge on any atom is -0.252 e. The normalized spacial score (nSPS) is 15.8. The van der Waals surface area contributed by atoms with Crippen LogP contribution in [0, 0.1) is 11.3 Å². The first kappa shape index (κ1) is 8.89. The van der Waals surface area contributed by atoms with Crippen LogP contribution in [0.4, 0.5) is 0 Å². The fraction of sp³-hybridized carbons (Fsp3) is 0.364. The van der Waals surface area contributed by atoms with Crippen molar-refractivity contribution in [2.24, 2.45) is 0 Å². The highest BCUT2D eigenvalue weighted by Crippen LogP contribution is 2.24. The Morgan fingerprint density at radius 2 is 2.14 bits per heavy atom. The summed E-state index contributed by atoms with van der Waals surface area (Å²) in [4.78, 5) is 8.23. The van der Waals surface area contributed by atoms with Gasteiger partial charge in [-0.15, -0.1) is 0 Å². The molecule has 1 heterocycles. The summed E-state index contributed by atoms with van der Waals surface area (Å²) in [7, 11) is 0. The summed E-state index contributed by atoms with van der Waals surface area (Å²) in [6, 6.07) is 1.96. The second-order valence-electron chi connectivity index (χ2n) is 3.37. The van der Waals surface area contributed by atoms with Crippen LogP contribution in [-0.2, 0) is 0 Å². The van der Waals surface area contributed by atoms with Gasteiger partial charge in [-0.1, -0.05) is 6.08 Å². The maximum absolute atomic E-state index is 8.57. The van der Waals surface area contributed by atoms with Crippen molar-refractivity contribution in [2.75, 3.05) is 0 Å². The molecule has 0 bridgehead atoms. The van der Waals surface area contributed by atoms with Crippen molar-refractivity contribution in [3.05, 3.63) is 29.9 Å². The zero-order valence-corrected chi connectivity index (χ0v) is 7.90. The summed E-state index contributed by atoms with van der Waals surface area (Å²) in [5.74, 6) is 0. The van der Waals surface area contributed by atoms with Crippen LogP contribution in [0.25, 0.3) is 5.57 Å². The van der Waals surface area contributed by atoms with Gasteiger partial charge in [-0.25, -0.2) is 4.98 Å². The number of hydrogen-bond donors (Lipinski definition) is 0. The van der Waals surface area contributed by atoms with E-state index in [9.17, 15) is 0 Å². The van der Waals surface area contributed by atoms with Gasteiger partial charge in [-0.2, -0.15) is 5.26 Å². The maximum Gasteiger partial charge on any atom is 0.158 e. The van der Waals surface area contributed by atoms with E-state index in [1.165, 1.54) is 24.6 Å². The largest absolute Gasteiger partial charge is 0.252 e. The molecule has 1 aromatic rings. The average molecular weight is 185 g/mol. The van der Waals surface area contributed by atoms with Crippen molar-refractivity contribution in [2.45, 2.75) is 25.7 Å². The molecule has 1 aromatic heterocycles. The molecule has 0 aromatic carbocycles. The Balaban J connectivity index is 2.25. The maximum atomic E-state index is 8.57. The molecule has 3 heteroatoms. The molecule has 3 nitrogen and oxygen atoms in total. The zero-order valence-electron chi connectivity index (χ0n) is 7.90. The lowest BCUT2D eigenvalue weighted by Crippen LogP contribution is -1.96. The predicted molar refractivity (Wildman–Crippen MR) is 53.2 cm³/mol. The lowest BCUT2D eigenvalue weighted by Gasteiger charge is -2.10. The first-order valence-corrected chi connectivity index (χ1v) is 4.82. The van der Waals surface area contributed by atoms with E-state index in [1.54, 1.807) is 6.20 Å². The number of allylic oxidation sites excluding steroid dienone is 2. The number of nitrogens with zero attached hydrogens (tertiary/aromatic N) is 3. The Labute approximate surface area is 83.1 Å². The molecule has 0 fully saturated rings. The van der Waals surface area contributed by atoms with Crippen LogP contribution in [0.1, 0.15) is 37.1 Å². The van der Waals surface area contributed by atoms with E-state index in [2.05, 4.69) is 16.0 Å². The van der Waals surface area contributed by atoms with Gasteiger partial charge in [0.05, 0.1) is 18.1 Å². The summed E-state index contributed by atoms with van der Waals surface area (Å²) in [6.45, 7) is 0. The minimum absolute atomic E-state index is 0.380. The van der Waals surface area contributed by atoms with Crippen molar-refractivity contribution in [3.8, 4) is 6.07 Å². The molecule has 70 valence electrons. The van der Waals surface area contributed by atoms with Crippen LogP contribution >= 0.6 is 0 Å². The standard InChI is InChI=1S/C11H11N3/c12-6-10-7-14-11(8-13-10)9-4-2-1-3-5-9/h4,7-8H,1-3,5H2. The number of hydrogen-bond acceptors (Lipinski definition) is 3. The van der Waals surface area contributed by atoms with Crippen LogP contribution in [0.15, 0.2) is 18.5 Å². The van der Waals surface area contributed by atoms with E-state index in [0.717, 1.165) is 18.5 Å². The van der Waals surface area contributed by atoms with Crippen LogP contribution in [0.3, 0.4) is 0 Å². The van der Waals surface area contributed by atoms with Crippen molar-refractivity contribution in [3.63, 3.8) is 0 Å². The fourth-order valence-corrected chi connectivity index (χ4v) is 1.62. The van der Waals surface area contributed by atoms with E-state index in [-0.39, 0.29) is 0 Å². The quantitative estimate of drug-likeness (QED) is 0.674. The van der Waals surface area contributed by atoms with E-state index in [4.69, 9.17) is 5.26 Å². The Kier molecular flexibility index (Phi) is 2.55. The monoisotopic (exact) mass is 185 g/mol. The van der Waals surface area contributed by atoms with Crippen molar-refractivity contribution in [1.82, 2.24) is 9.97 Å². The molecule has 1 aliphatic rings. The minimum atomic E-state index is 0.380. The first-order chi connectivity index (χ1) is 6.90. The lowest BCUT2D eigenvalue weighted by molar-refractivity contribution is 0.739. The van der Waals surface area contributed by atoms with Gasteiger partial charge in [0, 0.05) is 0 Å². The highest BCUT2D eigenvalue weighted by Gasteiger charge is 2.07. The summed E-state index contributed by atoms with van der Waals surface area (Å²) < 4.78 is 0. The molecular weight excluding hydrogens is 174 g/mol. The topological polar surface area (TPSA) is 49.6 Å². The number of rotatable bonds is 1. The second kappa shape index (κ2) is 4.01. The first-order valence-electron chi connectivity index (χ1n) is 4.82. The van der Waals surface area contributed by atoms with E-state index in [0.29, 0.717) is 5.69 Å². The zero-order chi connectivity index (χ0) is 9.80. The van der Waals surface area contributed by atoms with Crippen molar-refractivity contribution >= 4 is 5.57 Å². The summed E-state index contributed by atoms with van der Waals surface area (Å²) in [6.07, 6.45) is 10.2. The van der Waals surface area contributed by atoms with E-state index in [1.807, 2.05) is 6.07 Å². The molecule has 14 heavy (non-hydrogen) atoms. The smallest absolute Gasteiger partial charge is 0.158 e. The van der Waals surface area contributed by atoms with Gasteiger partial charge in [0.2, 0.25) is 0 Å². The molecule has 0 radical (unpaired) electrons. The van der Waals surface area contributed by atoms with E-state index < -0.39 is 0 Å². The van der Waals surface area contributed by atoms with Gasteiger partial charge < -0.3 is 0 Å². The van der Waals surface area contributed by atoms with Gasteiger partial charge in [0.25, 0.3) is 0 Å². The molecule has 0 amide bonds. The van der Waals surface area contributed by atoms with Crippen LogP contribution in [0.5, 0.6) is 0 Å². The summed E-state index contributed by atoms with van der Waals surface area (Å²) in [5, 5.41) is 8.57. The van der Waals surface area contributed by atoms with E-state index >= 15 is 0 Å². The Morgan fingerprint density at radius 3 is 2.71 bits per heavy atom. The highest BCUT2D eigenvalue weighted by molar-refractivity contribution is 5.62. The third-order valence-electron chi connectivity index (χ3n) is 2.39. The van der Waals surface area contributed by atoms with Crippen molar-refractivity contribution in [1.29, 1.82) is 5.26 Å². The molecule has 0 N–H and O–H groups in total. The van der Waals surface area contributed by atoms with Gasteiger partial charge in [-0.3, -0.25) is 4.98 Å². The Bertz CT molecular complexity index is 384. The molecule has 0 saturated carbocycles. The van der Waals surface area contributed by atoms with Gasteiger partial charge in [0.15, 0.2) is 5.69 Å². The molecule has 0 spiro atoms. The average Bonchev–Trinajstić information content (AvgIpc) is 2.30. The molecule has 0 aliphatic heterocycles. The van der Waals surface area contributed by atoms with Gasteiger partial charge in [0.1, 0.15) is 6.07 Å². The van der Waals surface area contributed by atoms with Gasteiger partial charge >= 0.3 is 0 Å². The molecular formula is C11H11N3. The number of nitriles is 1. The molecule has 1 aliphatic carbocycles. The predicted octanol–water partition coefficient (Wildman–Crippen LogP) is 2.31.